The molecule has 6 heteroatoms. The number of unbranched alkanes of at least 4 members (excludes halogenated alkanes) is 1. The summed E-state index contributed by atoms with van der Waals surface area (Å²) in [6.45, 7) is 11.2. The quantitative estimate of drug-likeness (QED) is 0.486. The second kappa shape index (κ2) is 10.4. The van der Waals surface area contributed by atoms with Gasteiger partial charge < -0.3 is 10.2 Å². The summed E-state index contributed by atoms with van der Waals surface area (Å²) in [5.41, 5.74) is 3.50. The minimum absolute atomic E-state index is 0.0582. The van der Waals surface area contributed by atoms with Crippen molar-refractivity contribution in [3.63, 3.8) is 0 Å². The Labute approximate surface area is 190 Å². The van der Waals surface area contributed by atoms with E-state index >= 15 is 0 Å². The van der Waals surface area contributed by atoms with Gasteiger partial charge in [0.1, 0.15) is 5.82 Å². The molecule has 170 valence electrons. The average Bonchev–Trinajstić information content (AvgIpc) is 2.79. The number of aryl methyl sites for hydroxylation is 2. The number of hydrogen-bond donors (Lipinski definition) is 1. The third-order valence-corrected chi connectivity index (χ3v) is 5.99. The van der Waals surface area contributed by atoms with E-state index in [9.17, 15) is 9.59 Å². The molecule has 0 bridgehead atoms. The van der Waals surface area contributed by atoms with Gasteiger partial charge in [0, 0.05) is 18.8 Å². The van der Waals surface area contributed by atoms with Gasteiger partial charge in [-0.05, 0) is 56.9 Å². The topological polar surface area (TPSA) is 67.2 Å². The summed E-state index contributed by atoms with van der Waals surface area (Å²) in [7, 11) is 0. The summed E-state index contributed by atoms with van der Waals surface area (Å²) in [5.74, 6) is 0.645. The highest BCUT2D eigenvalue weighted by Crippen LogP contribution is 2.27. The molecule has 2 amide bonds. The second-order valence-electron chi connectivity index (χ2n) is 8.20. The van der Waals surface area contributed by atoms with Crippen molar-refractivity contribution < 1.29 is 4.79 Å². The van der Waals surface area contributed by atoms with Crippen LogP contribution in [0.3, 0.4) is 0 Å². The molecule has 6 nitrogen and oxygen atoms in total. The van der Waals surface area contributed by atoms with E-state index < -0.39 is 0 Å². The molecule has 0 aliphatic heterocycles. The number of nitrogens with one attached hydrogen (secondary N) is 1. The maximum Gasteiger partial charge on any atom is 0.322 e. The summed E-state index contributed by atoms with van der Waals surface area (Å²) in [4.78, 5) is 33.5. The Morgan fingerprint density at radius 3 is 2.38 bits per heavy atom. The van der Waals surface area contributed by atoms with E-state index in [4.69, 9.17) is 4.98 Å². The zero-order valence-corrected chi connectivity index (χ0v) is 19.8. The number of para-hydroxylation sites is 2. The standard InChI is InChI=1S/C26H34N4O2/c1-6-9-17-30(26(32)28-23-18(4)13-12-14-19(23)5)22(7-2)24-27-21-16-11-10-15-20(21)25(31)29(24)8-3/h10-16,22H,6-9,17H2,1-5H3,(H,28,32). The first-order valence-electron chi connectivity index (χ1n) is 11.6. The van der Waals surface area contributed by atoms with Crippen LogP contribution in [-0.2, 0) is 6.54 Å². The molecule has 1 unspecified atom stereocenters. The van der Waals surface area contributed by atoms with Crippen LogP contribution in [0.15, 0.2) is 47.3 Å². The molecule has 3 rings (SSSR count). The lowest BCUT2D eigenvalue weighted by atomic mass is 10.1. The first-order chi connectivity index (χ1) is 15.4. The van der Waals surface area contributed by atoms with Crippen LogP contribution in [-0.4, -0.2) is 27.0 Å². The molecule has 0 saturated heterocycles. The van der Waals surface area contributed by atoms with Crippen LogP contribution in [0.4, 0.5) is 10.5 Å². The molecule has 0 aliphatic carbocycles. The van der Waals surface area contributed by atoms with Crippen LogP contribution < -0.4 is 10.9 Å². The van der Waals surface area contributed by atoms with Gasteiger partial charge in [0.15, 0.2) is 0 Å². The van der Waals surface area contributed by atoms with E-state index in [1.807, 2.05) is 75.1 Å². The van der Waals surface area contributed by atoms with Crippen LogP contribution in [0.1, 0.15) is 63.0 Å². The minimum Gasteiger partial charge on any atom is -0.314 e. The lowest BCUT2D eigenvalue weighted by molar-refractivity contribution is 0.178. The number of aromatic nitrogens is 2. The first kappa shape index (κ1) is 23.5. The third-order valence-electron chi connectivity index (χ3n) is 5.99. The number of nitrogens with zero attached hydrogens (tertiary/aromatic N) is 3. The summed E-state index contributed by atoms with van der Waals surface area (Å²) in [6, 6.07) is 12.9. The molecular formula is C26H34N4O2. The lowest BCUT2D eigenvalue weighted by Gasteiger charge is -2.32. The van der Waals surface area contributed by atoms with Crippen molar-refractivity contribution in [3.05, 3.63) is 69.8 Å². The number of benzene rings is 2. The van der Waals surface area contributed by atoms with Crippen LogP contribution in [0.2, 0.25) is 0 Å². The Morgan fingerprint density at radius 2 is 1.75 bits per heavy atom. The maximum absolute atomic E-state index is 13.5. The number of rotatable bonds is 8. The Hall–Kier alpha value is -3.15. The van der Waals surface area contributed by atoms with E-state index in [1.54, 1.807) is 4.57 Å². The van der Waals surface area contributed by atoms with Crippen molar-refractivity contribution in [3.8, 4) is 0 Å². The van der Waals surface area contributed by atoms with Crippen LogP contribution in [0, 0.1) is 13.8 Å². The molecule has 1 heterocycles. The molecule has 2 aromatic carbocycles. The molecule has 3 aromatic rings. The second-order valence-corrected chi connectivity index (χ2v) is 8.20. The van der Waals surface area contributed by atoms with Crippen LogP contribution in [0.5, 0.6) is 0 Å². The van der Waals surface area contributed by atoms with Gasteiger partial charge >= 0.3 is 6.03 Å². The van der Waals surface area contributed by atoms with Gasteiger partial charge in [0.2, 0.25) is 0 Å². The third kappa shape index (κ3) is 4.69. The van der Waals surface area contributed by atoms with Crippen molar-refractivity contribution in [2.75, 3.05) is 11.9 Å². The zero-order chi connectivity index (χ0) is 23.3. The molecule has 1 N–H and O–H groups in total. The number of carbonyl (C=O) groups is 1. The highest BCUT2D eigenvalue weighted by atomic mass is 16.2. The SMILES string of the molecule is CCCCN(C(=O)Nc1c(C)cccc1C)C(CC)c1nc2ccccc2c(=O)n1CC. The van der Waals surface area contributed by atoms with E-state index in [0.717, 1.165) is 29.7 Å². The van der Waals surface area contributed by atoms with Crippen molar-refractivity contribution in [2.24, 2.45) is 0 Å². The van der Waals surface area contributed by atoms with Crippen molar-refractivity contribution >= 4 is 22.6 Å². The Bertz CT molecular complexity index is 1130. The average molecular weight is 435 g/mol. The van der Waals surface area contributed by atoms with Crippen LogP contribution >= 0.6 is 0 Å². The summed E-state index contributed by atoms with van der Waals surface area (Å²) < 4.78 is 1.71. The van der Waals surface area contributed by atoms with Crippen molar-refractivity contribution in [1.29, 1.82) is 0 Å². The normalized spacial score (nSPS) is 12.0. The van der Waals surface area contributed by atoms with Gasteiger partial charge in [-0.25, -0.2) is 9.78 Å². The predicted octanol–water partition coefficient (Wildman–Crippen LogP) is 5.82. The fourth-order valence-corrected chi connectivity index (χ4v) is 4.21. The molecule has 0 fully saturated rings. The minimum atomic E-state index is -0.303. The molecule has 0 spiro atoms. The fraction of sp³-hybridized carbons (Fsp3) is 0.423. The monoisotopic (exact) mass is 434 g/mol. The lowest BCUT2D eigenvalue weighted by Crippen LogP contribution is -2.41. The van der Waals surface area contributed by atoms with Gasteiger partial charge in [-0.3, -0.25) is 9.36 Å². The molecule has 1 atom stereocenters. The van der Waals surface area contributed by atoms with Crippen molar-refractivity contribution in [2.45, 2.75) is 66.5 Å². The molecule has 0 aliphatic rings. The molecule has 0 saturated carbocycles. The van der Waals surface area contributed by atoms with Gasteiger partial charge in [-0.15, -0.1) is 0 Å². The van der Waals surface area contributed by atoms with E-state index in [1.165, 1.54) is 0 Å². The van der Waals surface area contributed by atoms with Gasteiger partial charge in [-0.2, -0.15) is 0 Å². The van der Waals surface area contributed by atoms with Gasteiger partial charge in [0.25, 0.3) is 5.56 Å². The molecule has 32 heavy (non-hydrogen) atoms. The number of hydrogen-bond acceptors (Lipinski definition) is 3. The number of amides is 2. The van der Waals surface area contributed by atoms with Crippen LogP contribution in [0.25, 0.3) is 10.9 Å². The van der Waals surface area contributed by atoms with E-state index in [-0.39, 0.29) is 17.6 Å². The summed E-state index contributed by atoms with van der Waals surface area (Å²) in [5, 5.41) is 3.74. The fourth-order valence-electron chi connectivity index (χ4n) is 4.21. The summed E-state index contributed by atoms with van der Waals surface area (Å²) in [6.07, 6.45) is 2.50. The maximum atomic E-state index is 13.5. The molecular weight excluding hydrogens is 400 g/mol. The molecule has 0 radical (unpaired) electrons. The van der Waals surface area contributed by atoms with Crippen molar-refractivity contribution in [1.82, 2.24) is 14.5 Å². The number of urea groups is 1. The van der Waals surface area contributed by atoms with E-state index in [2.05, 4.69) is 12.2 Å². The van der Waals surface area contributed by atoms with Gasteiger partial charge in [-0.1, -0.05) is 50.6 Å². The Morgan fingerprint density at radius 1 is 1.06 bits per heavy atom. The predicted molar refractivity (Wildman–Crippen MR) is 131 cm³/mol. The smallest absolute Gasteiger partial charge is 0.314 e. The zero-order valence-electron chi connectivity index (χ0n) is 19.8. The van der Waals surface area contributed by atoms with E-state index in [0.29, 0.717) is 36.2 Å². The Kier molecular flexibility index (Phi) is 7.67. The molecule has 1 aromatic heterocycles. The number of carbonyl (C=O) groups excluding carboxylic acids is 1. The highest BCUT2D eigenvalue weighted by molar-refractivity contribution is 5.91. The van der Waals surface area contributed by atoms with Gasteiger partial charge in [0.05, 0.1) is 16.9 Å². The number of anilines is 1. The largest absolute Gasteiger partial charge is 0.322 e. The highest BCUT2D eigenvalue weighted by Gasteiger charge is 2.28. The summed E-state index contributed by atoms with van der Waals surface area (Å²) >= 11 is 0. The Balaban J connectivity index is 2.08. The first-order valence-corrected chi connectivity index (χ1v) is 11.6. The number of fused-ring (bicyclic) bond motifs is 1.